The van der Waals surface area contributed by atoms with E-state index in [-0.39, 0.29) is 12.3 Å². The quantitative estimate of drug-likeness (QED) is 0.0987. The first kappa shape index (κ1) is 32.8. The summed E-state index contributed by atoms with van der Waals surface area (Å²) in [5, 5.41) is 0.974. The van der Waals surface area contributed by atoms with Crippen LogP contribution in [0.4, 0.5) is 5.69 Å². The van der Waals surface area contributed by atoms with E-state index in [1.807, 2.05) is 61.5 Å². The van der Waals surface area contributed by atoms with Gasteiger partial charge < -0.3 is 9.64 Å². The Bertz CT molecular complexity index is 2000. The van der Waals surface area contributed by atoms with Crippen molar-refractivity contribution in [1.82, 2.24) is 0 Å². The van der Waals surface area contributed by atoms with Gasteiger partial charge in [-0.15, -0.1) is 0 Å². The predicted octanol–water partition coefficient (Wildman–Crippen LogP) is 6.56. The summed E-state index contributed by atoms with van der Waals surface area (Å²) in [6.07, 6.45) is 5.53. The Balaban J connectivity index is 1.53. The summed E-state index contributed by atoms with van der Waals surface area (Å²) < 4.78 is 74.4. The first-order chi connectivity index (χ1) is 21.3. The molecule has 1 aromatic heterocycles. The smallest absolute Gasteiger partial charge is 0.266 e. The van der Waals surface area contributed by atoms with E-state index in [4.69, 9.17) is 4.74 Å². The van der Waals surface area contributed by atoms with E-state index in [0.717, 1.165) is 37.5 Å². The second kappa shape index (κ2) is 13.4. The molecule has 0 spiro atoms. The maximum atomic E-state index is 11.8. The maximum absolute atomic E-state index is 11.8. The minimum Gasteiger partial charge on any atom is -0.439 e. The van der Waals surface area contributed by atoms with Gasteiger partial charge in [-0.1, -0.05) is 54.7 Å². The largest absolute Gasteiger partial charge is 0.439 e. The van der Waals surface area contributed by atoms with Crippen molar-refractivity contribution < 1.29 is 35.2 Å². The minimum absolute atomic E-state index is 0.00209. The second-order valence-electron chi connectivity index (χ2n) is 11.1. The number of nitrogens with zero attached hydrogens (tertiary/aromatic N) is 2. The highest BCUT2D eigenvalue weighted by Gasteiger charge is 2.29. The third-order valence-corrected chi connectivity index (χ3v) is 10.4. The lowest BCUT2D eigenvalue weighted by molar-refractivity contribution is -0.669. The number of ether oxygens (including phenoxy) is 1. The van der Waals surface area contributed by atoms with Crippen LogP contribution < -0.4 is 14.2 Å². The molecule has 0 unspecified atom stereocenters. The summed E-state index contributed by atoms with van der Waals surface area (Å²) in [5.74, 6) is 0.300. The van der Waals surface area contributed by atoms with Crippen LogP contribution in [0.2, 0.25) is 0 Å². The Morgan fingerprint density at radius 1 is 0.911 bits per heavy atom. The molecule has 9 nitrogen and oxygen atoms in total. The molecule has 4 aromatic rings. The normalized spacial score (nSPS) is 14.7. The van der Waals surface area contributed by atoms with E-state index in [1.165, 1.54) is 5.56 Å². The van der Waals surface area contributed by atoms with E-state index in [0.29, 0.717) is 43.1 Å². The number of thiazole rings is 1. The Morgan fingerprint density at radius 2 is 1.62 bits per heavy atom. The van der Waals surface area contributed by atoms with Gasteiger partial charge in [-0.25, -0.2) is 0 Å². The minimum atomic E-state index is -4.22. The zero-order valence-corrected chi connectivity index (χ0v) is 27.9. The Morgan fingerprint density at radius 3 is 2.31 bits per heavy atom. The molecular formula is C33H37N2O7S3+. The Kier molecular flexibility index (Phi) is 9.80. The molecule has 0 atom stereocenters. The summed E-state index contributed by atoms with van der Waals surface area (Å²) in [5.41, 5.74) is 7.00. The highest BCUT2D eigenvalue weighted by Crippen LogP contribution is 2.42. The molecule has 0 saturated heterocycles. The van der Waals surface area contributed by atoms with Crippen LogP contribution in [0.25, 0.3) is 27.4 Å². The van der Waals surface area contributed by atoms with E-state index in [9.17, 15) is 25.9 Å². The molecule has 0 radical (unpaired) electrons. The molecule has 0 aliphatic carbocycles. The summed E-state index contributed by atoms with van der Waals surface area (Å²) >= 11 is 1.64. The van der Waals surface area contributed by atoms with Crippen molar-refractivity contribution in [3.05, 3.63) is 94.3 Å². The Hall–Kier alpha value is -3.55. The molecule has 0 saturated carbocycles. The average molecular weight is 670 g/mol. The fourth-order valence-electron chi connectivity index (χ4n) is 5.26. The van der Waals surface area contributed by atoms with Crippen molar-refractivity contribution in [3.8, 4) is 16.9 Å². The molecule has 2 heterocycles. The van der Waals surface area contributed by atoms with E-state index >= 15 is 0 Å². The van der Waals surface area contributed by atoms with Crippen LogP contribution >= 0.6 is 11.3 Å². The molecule has 45 heavy (non-hydrogen) atoms. The number of aromatic nitrogens is 1. The van der Waals surface area contributed by atoms with Gasteiger partial charge in [-0.05, 0) is 72.7 Å². The van der Waals surface area contributed by atoms with E-state index in [1.54, 1.807) is 16.2 Å². The molecular weight excluding hydrogens is 633 g/mol. The molecule has 1 aliphatic heterocycles. The lowest BCUT2D eigenvalue weighted by atomic mass is 10.0. The topological polar surface area (TPSA) is 125 Å². The van der Waals surface area contributed by atoms with Crippen LogP contribution in [0.1, 0.15) is 42.3 Å². The highest BCUT2D eigenvalue weighted by atomic mass is 32.2. The van der Waals surface area contributed by atoms with Gasteiger partial charge in [0.1, 0.15) is 4.70 Å². The number of hydrogen-bond donors (Lipinski definition) is 2. The van der Waals surface area contributed by atoms with Crippen molar-refractivity contribution in [2.24, 2.45) is 0 Å². The number of rotatable bonds is 12. The van der Waals surface area contributed by atoms with Gasteiger partial charge in [-0.2, -0.15) is 21.4 Å². The van der Waals surface area contributed by atoms with Crippen molar-refractivity contribution in [1.29, 1.82) is 0 Å². The lowest BCUT2D eigenvalue weighted by Crippen LogP contribution is -2.35. The standard InChI is InChI=1S/C33H36N2O7S3/c1-4-25(21-33-35(14-8-9-16-44(36,37)38)29-18-23(2)24(3)19-31(29)43-33)20-32-34(15-17-45(39,40)41)28-22-27(12-13-30(28)42-32)26-10-6-5-7-11-26/h5-7,10-13,18-22H,4,8-9,14-17H2,1-3H3,(H-,36,37,38,39,40,41)/p+1. The molecule has 0 amide bonds. The van der Waals surface area contributed by atoms with Gasteiger partial charge >= 0.3 is 0 Å². The van der Waals surface area contributed by atoms with E-state index in [2.05, 4.69) is 36.6 Å². The van der Waals surface area contributed by atoms with Gasteiger partial charge in [0.2, 0.25) is 11.4 Å². The molecule has 0 fully saturated rings. The van der Waals surface area contributed by atoms with Crippen molar-refractivity contribution in [2.45, 2.75) is 46.6 Å². The SMILES string of the molecule is CCC(=C/c1sc2cc(C)c(C)cc2[n+]1CCCCS(=O)(=O)O)/C=C1\Oc2ccc(-c3ccccc3)cc2N1CCS(=O)(=O)O. The van der Waals surface area contributed by atoms with Crippen molar-refractivity contribution in [2.75, 3.05) is 23.0 Å². The number of allylic oxidation sites excluding steroid dienone is 2. The number of benzene rings is 3. The highest BCUT2D eigenvalue weighted by molar-refractivity contribution is 7.86. The van der Waals surface area contributed by atoms with Crippen LogP contribution in [-0.2, 0) is 26.8 Å². The number of aryl methyl sites for hydroxylation is 3. The summed E-state index contributed by atoms with van der Waals surface area (Å²) in [4.78, 5) is 1.78. The zero-order valence-electron chi connectivity index (χ0n) is 25.4. The molecule has 1 aliphatic rings. The van der Waals surface area contributed by atoms with Crippen LogP contribution in [0.3, 0.4) is 0 Å². The third kappa shape index (κ3) is 8.19. The fraction of sp³-hybridized carbons (Fsp3) is 0.303. The number of hydrogen-bond acceptors (Lipinski definition) is 7. The molecule has 0 bridgehead atoms. The van der Waals surface area contributed by atoms with Gasteiger partial charge in [0.05, 0.1) is 17.2 Å². The number of fused-ring (bicyclic) bond motifs is 2. The first-order valence-corrected chi connectivity index (χ1v) is 18.8. The maximum Gasteiger partial charge on any atom is 0.266 e. The van der Waals surface area contributed by atoms with Crippen molar-refractivity contribution >= 4 is 53.6 Å². The molecule has 238 valence electrons. The van der Waals surface area contributed by atoms with Crippen LogP contribution in [0.15, 0.2) is 78.2 Å². The van der Waals surface area contributed by atoms with Gasteiger partial charge in [-0.3, -0.25) is 9.11 Å². The molecule has 2 N–H and O–H groups in total. The lowest BCUT2D eigenvalue weighted by Gasteiger charge is -2.18. The van der Waals surface area contributed by atoms with Gasteiger partial charge in [0.25, 0.3) is 25.2 Å². The fourth-order valence-corrected chi connectivity index (χ4v) is 7.49. The predicted molar refractivity (Wildman–Crippen MR) is 180 cm³/mol. The summed E-state index contributed by atoms with van der Waals surface area (Å²) in [6, 6.07) is 19.9. The second-order valence-corrected chi connectivity index (χ2v) is 15.3. The monoisotopic (exact) mass is 669 g/mol. The summed E-state index contributed by atoms with van der Waals surface area (Å²) in [6.45, 7) is 6.73. The third-order valence-electron chi connectivity index (χ3n) is 7.82. The van der Waals surface area contributed by atoms with Gasteiger partial charge in [0, 0.05) is 31.2 Å². The zero-order chi connectivity index (χ0) is 32.4. The van der Waals surface area contributed by atoms with Gasteiger partial charge in [0.15, 0.2) is 12.3 Å². The molecule has 3 aromatic carbocycles. The molecule has 5 rings (SSSR count). The first-order valence-electron chi connectivity index (χ1n) is 14.7. The summed E-state index contributed by atoms with van der Waals surface area (Å²) in [7, 11) is -8.25. The van der Waals surface area contributed by atoms with Crippen LogP contribution in [0, 0.1) is 13.8 Å². The number of unbranched alkanes of at least 4 members (excludes halogenated alkanes) is 1. The average Bonchev–Trinajstić information content (AvgIpc) is 3.49. The molecule has 12 heteroatoms. The Labute approximate surface area is 268 Å². The van der Waals surface area contributed by atoms with Crippen LogP contribution in [-0.4, -0.2) is 44.0 Å². The number of anilines is 1. The van der Waals surface area contributed by atoms with Crippen molar-refractivity contribution in [3.63, 3.8) is 0 Å². The van der Waals surface area contributed by atoms with Crippen LogP contribution in [0.5, 0.6) is 5.75 Å². The van der Waals surface area contributed by atoms with E-state index < -0.39 is 26.0 Å².